The SMILES string of the molecule is CC1(C)OC2=CC3C=C4C(=CC3C=C2c2sc(N=C(C#N)C#N)nc21)OC(C)(C)c1nc(N=C(C#N)C#N)sc14. The molecule has 0 aromatic carbocycles. The predicted octanol–water partition coefficient (Wildman–Crippen LogP) is 5.86. The van der Waals surface area contributed by atoms with E-state index < -0.39 is 11.2 Å². The van der Waals surface area contributed by atoms with Crippen LogP contribution in [-0.2, 0) is 20.7 Å². The lowest BCUT2D eigenvalue weighted by molar-refractivity contribution is 0.0280. The van der Waals surface area contributed by atoms with E-state index in [1.807, 2.05) is 27.7 Å². The summed E-state index contributed by atoms with van der Waals surface area (Å²) in [5, 5.41) is 37.2. The monoisotopic (exact) mass is 562 g/mol. The number of ether oxygens (including phenoxy) is 2. The minimum atomic E-state index is -0.743. The minimum absolute atomic E-state index is 0.0236. The smallest absolute Gasteiger partial charge is 0.220 e. The van der Waals surface area contributed by atoms with Gasteiger partial charge in [-0.3, -0.25) is 0 Å². The number of aliphatic imine (C=N–C) groups is 2. The van der Waals surface area contributed by atoms with Crippen molar-refractivity contribution in [3.05, 3.63) is 57.0 Å². The van der Waals surface area contributed by atoms with Crippen molar-refractivity contribution >= 4 is 55.5 Å². The third-order valence-electron chi connectivity index (χ3n) is 6.81. The third kappa shape index (κ3) is 3.94. The molecule has 2 aromatic heterocycles. The van der Waals surface area contributed by atoms with Crippen LogP contribution < -0.4 is 0 Å². The Labute approximate surface area is 237 Å². The Kier molecular flexibility index (Phi) is 5.60. The van der Waals surface area contributed by atoms with E-state index in [1.54, 1.807) is 24.3 Å². The fourth-order valence-corrected chi connectivity index (χ4v) is 7.30. The Morgan fingerprint density at radius 2 is 1.07 bits per heavy atom. The van der Waals surface area contributed by atoms with Gasteiger partial charge in [0.15, 0.2) is 0 Å². The van der Waals surface area contributed by atoms with Gasteiger partial charge in [0.25, 0.3) is 0 Å². The lowest BCUT2D eigenvalue weighted by atomic mass is 9.77. The third-order valence-corrected chi connectivity index (χ3v) is 8.78. The van der Waals surface area contributed by atoms with Crippen LogP contribution in [0.4, 0.5) is 10.3 Å². The quantitative estimate of drug-likeness (QED) is 0.410. The summed E-state index contributed by atoms with van der Waals surface area (Å²) in [6, 6.07) is 7.13. The molecular weight excluding hydrogens is 544 g/mol. The van der Waals surface area contributed by atoms with Gasteiger partial charge in [0, 0.05) is 23.0 Å². The molecule has 6 rings (SSSR count). The van der Waals surface area contributed by atoms with Crippen molar-refractivity contribution in [3.63, 3.8) is 0 Å². The number of fused-ring (bicyclic) bond motifs is 7. The molecule has 0 radical (unpaired) electrons. The van der Waals surface area contributed by atoms with Gasteiger partial charge in [-0.1, -0.05) is 34.8 Å². The van der Waals surface area contributed by atoms with Crippen LogP contribution in [0.2, 0.25) is 0 Å². The average Bonchev–Trinajstić information content (AvgIpc) is 3.54. The van der Waals surface area contributed by atoms with Gasteiger partial charge in [0.05, 0.1) is 9.75 Å². The number of nitrogens with zero attached hydrogens (tertiary/aromatic N) is 8. The molecule has 0 saturated carbocycles. The highest BCUT2D eigenvalue weighted by molar-refractivity contribution is 7.17. The van der Waals surface area contributed by atoms with Gasteiger partial charge in [-0.25, -0.2) is 9.97 Å². The average molecular weight is 563 g/mol. The van der Waals surface area contributed by atoms with Crippen LogP contribution in [0.25, 0.3) is 11.1 Å². The van der Waals surface area contributed by atoms with Crippen molar-refractivity contribution in [2.24, 2.45) is 21.8 Å². The van der Waals surface area contributed by atoms with E-state index in [0.29, 0.717) is 21.7 Å². The second-order valence-electron chi connectivity index (χ2n) is 10.3. The largest absolute Gasteiger partial charge is 0.481 e. The Balaban J connectivity index is 1.43. The molecule has 0 amide bonds. The first-order valence-corrected chi connectivity index (χ1v) is 13.8. The number of hydrogen-bond acceptors (Lipinski definition) is 12. The number of thiazole rings is 2. The highest BCUT2D eigenvalue weighted by Crippen LogP contribution is 2.54. The van der Waals surface area contributed by atoms with Gasteiger partial charge < -0.3 is 9.47 Å². The Bertz CT molecular complexity index is 1700. The Morgan fingerprint density at radius 1 is 0.700 bits per heavy atom. The summed E-state index contributed by atoms with van der Waals surface area (Å²) in [6.07, 6.45) is 8.45. The minimum Gasteiger partial charge on any atom is -0.481 e. The maximum atomic E-state index is 9.13. The van der Waals surface area contributed by atoms with Gasteiger partial charge in [-0.05, 0) is 39.8 Å². The molecule has 4 heterocycles. The molecule has 2 aliphatic heterocycles. The van der Waals surface area contributed by atoms with E-state index in [2.05, 4.69) is 44.3 Å². The highest BCUT2D eigenvalue weighted by Gasteiger charge is 2.44. The second-order valence-corrected chi connectivity index (χ2v) is 12.3. The van der Waals surface area contributed by atoms with Gasteiger partial charge in [-0.2, -0.15) is 31.0 Å². The van der Waals surface area contributed by atoms with E-state index in [0.717, 1.165) is 32.4 Å². The van der Waals surface area contributed by atoms with E-state index in [9.17, 15) is 0 Å². The molecule has 0 fully saturated rings. The first kappa shape index (κ1) is 25.4. The van der Waals surface area contributed by atoms with Crippen LogP contribution in [-0.4, -0.2) is 21.4 Å². The summed E-state index contributed by atoms with van der Waals surface area (Å²) in [6.45, 7) is 7.70. The molecular formula is C28H18N8O2S2. The van der Waals surface area contributed by atoms with Gasteiger partial charge >= 0.3 is 0 Å². The van der Waals surface area contributed by atoms with E-state index in [4.69, 9.17) is 30.5 Å². The van der Waals surface area contributed by atoms with Gasteiger partial charge in [0.2, 0.25) is 21.7 Å². The molecule has 194 valence electrons. The van der Waals surface area contributed by atoms with Crippen LogP contribution in [0.5, 0.6) is 0 Å². The van der Waals surface area contributed by atoms with Crippen molar-refractivity contribution in [2.75, 3.05) is 0 Å². The number of aromatic nitrogens is 2. The van der Waals surface area contributed by atoms with Crippen molar-refractivity contribution in [1.29, 1.82) is 21.0 Å². The zero-order valence-electron chi connectivity index (χ0n) is 21.7. The summed E-state index contributed by atoms with van der Waals surface area (Å²) in [5.74, 6) is 1.41. The lowest BCUT2D eigenvalue weighted by Crippen LogP contribution is -2.32. The molecule has 2 aliphatic carbocycles. The Morgan fingerprint density at radius 3 is 1.43 bits per heavy atom. The predicted molar refractivity (Wildman–Crippen MR) is 148 cm³/mol. The molecule has 0 bridgehead atoms. The molecule has 12 heteroatoms. The molecule has 2 atom stereocenters. The van der Waals surface area contributed by atoms with Gasteiger partial charge in [0.1, 0.15) is 58.4 Å². The topological polar surface area (TPSA) is 164 Å². The first-order valence-electron chi connectivity index (χ1n) is 12.1. The van der Waals surface area contributed by atoms with E-state index in [1.165, 1.54) is 22.7 Å². The summed E-state index contributed by atoms with van der Waals surface area (Å²) < 4.78 is 12.8. The summed E-state index contributed by atoms with van der Waals surface area (Å²) in [5.41, 5.74) is 1.21. The lowest BCUT2D eigenvalue weighted by Gasteiger charge is -2.39. The first-order chi connectivity index (χ1) is 19.1. The second kappa shape index (κ2) is 8.83. The molecule has 2 aromatic rings. The van der Waals surface area contributed by atoms with Crippen molar-refractivity contribution in [1.82, 2.24) is 9.97 Å². The van der Waals surface area contributed by atoms with Crippen LogP contribution >= 0.6 is 22.7 Å². The standard InChI is InChI=1S/C28H18N8O2S2/c1-27(2)23-21(39-25(35-23)33-15(9-29)10-30)17-5-14-8-20-18(6-13(14)7-19(17)37-27)22-24(28(3,4)38-20)36-26(40-22)34-16(11-31)12-32/h5-8,13-14H,1-4H3. The normalized spacial score (nSPS) is 21.8. The van der Waals surface area contributed by atoms with Crippen LogP contribution in [0, 0.1) is 57.2 Å². The molecule has 0 saturated heterocycles. The zero-order chi connectivity index (χ0) is 28.4. The number of nitriles is 4. The number of hydrogen-bond donors (Lipinski definition) is 0. The number of rotatable bonds is 2. The van der Waals surface area contributed by atoms with Crippen LogP contribution in [0.15, 0.2) is 45.8 Å². The summed E-state index contributed by atoms with van der Waals surface area (Å²) in [7, 11) is 0. The maximum absolute atomic E-state index is 9.13. The van der Waals surface area contributed by atoms with E-state index in [-0.39, 0.29) is 23.3 Å². The van der Waals surface area contributed by atoms with Crippen molar-refractivity contribution in [3.8, 4) is 24.3 Å². The molecule has 40 heavy (non-hydrogen) atoms. The molecule has 0 spiro atoms. The molecule has 0 N–H and O–H groups in total. The zero-order valence-corrected chi connectivity index (χ0v) is 23.3. The molecule has 4 aliphatic rings. The molecule has 2 unspecified atom stereocenters. The maximum Gasteiger partial charge on any atom is 0.220 e. The molecule has 10 nitrogen and oxygen atoms in total. The van der Waals surface area contributed by atoms with Crippen LogP contribution in [0.3, 0.4) is 0 Å². The highest BCUT2D eigenvalue weighted by atomic mass is 32.1. The van der Waals surface area contributed by atoms with Crippen molar-refractivity contribution < 1.29 is 9.47 Å². The van der Waals surface area contributed by atoms with E-state index >= 15 is 0 Å². The number of allylic oxidation sites excluding steroid dienone is 6. The fraction of sp³-hybridized carbons (Fsp3) is 0.286. The van der Waals surface area contributed by atoms with Crippen LogP contribution in [0.1, 0.15) is 48.8 Å². The Hall–Kier alpha value is -4.88. The fourth-order valence-electron chi connectivity index (χ4n) is 5.05. The summed E-state index contributed by atoms with van der Waals surface area (Å²) in [4.78, 5) is 19.2. The van der Waals surface area contributed by atoms with Gasteiger partial charge in [-0.15, -0.1) is 0 Å². The van der Waals surface area contributed by atoms with Crippen molar-refractivity contribution in [2.45, 2.75) is 38.9 Å². The summed E-state index contributed by atoms with van der Waals surface area (Å²) >= 11 is 2.65.